The Kier molecular flexibility index (Phi) is 5.93. The summed E-state index contributed by atoms with van der Waals surface area (Å²) in [6.07, 6.45) is 4.88. The topological polar surface area (TPSA) is 83.4 Å². The van der Waals surface area contributed by atoms with Gasteiger partial charge in [-0.1, -0.05) is 0 Å². The first-order valence-corrected chi connectivity index (χ1v) is 9.59. The van der Waals surface area contributed by atoms with Crippen molar-refractivity contribution in [2.24, 2.45) is 4.99 Å². The van der Waals surface area contributed by atoms with Crippen LogP contribution in [0.2, 0.25) is 0 Å². The molecule has 0 aliphatic rings. The van der Waals surface area contributed by atoms with Crippen LogP contribution in [0.15, 0.2) is 53.7 Å². The highest BCUT2D eigenvalue weighted by Gasteiger charge is 2.03. The first-order valence-electron chi connectivity index (χ1n) is 7.70. The third-order valence-electron chi connectivity index (χ3n) is 3.45. The molecule has 7 heteroatoms. The van der Waals surface area contributed by atoms with Crippen LogP contribution in [0.5, 0.6) is 0 Å². The summed E-state index contributed by atoms with van der Waals surface area (Å²) < 4.78 is 24.9. The van der Waals surface area contributed by atoms with E-state index < -0.39 is 10.0 Å². The molecule has 1 aromatic heterocycles. The average Bonchev–Trinajstić information content (AvgIpc) is 2.55. The van der Waals surface area contributed by atoms with Crippen LogP contribution in [0, 0.1) is 0 Å². The summed E-state index contributed by atoms with van der Waals surface area (Å²) in [5.41, 5.74) is 4.44. The number of pyridine rings is 1. The van der Waals surface area contributed by atoms with Crippen LogP contribution >= 0.6 is 0 Å². The zero-order valence-electron chi connectivity index (χ0n) is 14.7. The highest BCUT2D eigenvalue weighted by molar-refractivity contribution is 7.92. The smallest absolute Gasteiger partial charge is 0.229 e. The maximum absolute atomic E-state index is 11.2. The summed E-state index contributed by atoms with van der Waals surface area (Å²) in [5.74, 6) is 0.708. The van der Waals surface area contributed by atoms with Crippen LogP contribution in [0.1, 0.15) is 19.4 Å². The Morgan fingerprint density at radius 3 is 2.36 bits per heavy atom. The van der Waals surface area contributed by atoms with Gasteiger partial charge in [-0.05, 0) is 67.5 Å². The molecule has 6 nitrogen and oxygen atoms in total. The van der Waals surface area contributed by atoms with E-state index in [4.69, 9.17) is 0 Å². The number of nitrogens with zero attached hydrogens (tertiary/aromatic N) is 2. The van der Waals surface area contributed by atoms with Gasteiger partial charge in [-0.2, -0.15) is 0 Å². The van der Waals surface area contributed by atoms with Crippen molar-refractivity contribution < 1.29 is 8.42 Å². The van der Waals surface area contributed by atoms with E-state index in [0.29, 0.717) is 11.5 Å². The van der Waals surface area contributed by atoms with Crippen LogP contribution < -0.4 is 10.0 Å². The Balaban J connectivity index is 2.16. The molecular weight excluding hydrogens is 336 g/mol. The lowest BCUT2D eigenvalue weighted by Gasteiger charge is -2.09. The second-order valence-corrected chi connectivity index (χ2v) is 7.45. The van der Waals surface area contributed by atoms with E-state index in [-0.39, 0.29) is 0 Å². The molecule has 1 heterocycles. The SMILES string of the molecule is CN=C(C)/C=C(\C)c1ccnc(Nc2ccc(NS(C)(=O)=O)cc2)c1. The van der Waals surface area contributed by atoms with Gasteiger partial charge in [0.25, 0.3) is 0 Å². The largest absolute Gasteiger partial charge is 0.340 e. The minimum atomic E-state index is -3.27. The van der Waals surface area contributed by atoms with Crippen LogP contribution in [-0.2, 0) is 10.0 Å². The van der Waals surface area contributed by atoms with E-state index in [1.807, 2.05) is 32.1 Å². The van der Waals surface area contributed by atoms with Gasteiger partial charge in [0.2, 0.25) is 10.0 Å². The first-order chi connectivity index (χ1) is 11.8. The van der Waals surface area contributed by atoms with E-state index in [1.54, 1.807) is 37.5 Å². The van der Waals surface area contributed by atoms with Crippen LogP contribution in [0.25, 0.3) is 5.57 Å². The molecule has 0 atom stereocenters. The predicted octanol–water partition coefficient (Wildman–Crippen LogP) is 3.69. The van der Waals surface area contributed by atoms with Gasteiger partial charge in [0.15, 0.2) is 0 Å². The summed E-state index contributed by atoms with van der Waals surface area (Å²) in [7, 11) is -1.51. The molecule has 2 N–H and O–H groups in total. The van der Waals surface area contributed by atoms with Crippen LogP contribution in [-0.4, -0.2) is 32.4 Å². The molecule has 25 heavy (non-hydrogen) atoms. The minimum Gasteiger partial charge on any atom is -0.340 e. The zero-order chi connectivity index (χ0) is 18.4. The molecule has 2 rings (SSSR count). The Hall–Kier alpha value is -2.67. The molecular formula is C18H22N4O2S. The van der Waals surface area contributed by atoms with E-state index in [9.17, 15) is 8.42 Å². The van der Waals surface area contributed by atoms with Gasteiger partial charge >= 0.3 is 0 Å². The molecule has 0 unspecified atom stereocenters. The van der Waals surface area contributed by atoms with Crippen LogP contribution in [0.4, 0.5) is 17.2 Å². The Morgan fingerprint density at radius 2 is 1.76 bits per heavy atom. The second kappa shape index (κ2) is 7.94. The standard InChI is InChI=1S/C18H22N4O2S/c1-13(11-14(2)19-3)15-9-10-20-18(12-15)21-16-5-7-17(8-6-16)22-25(4,23)24/h5-12,22H,1-4H3,(H,20,21)/b13-11+,19-14?. The number of aliphatic imine (C=N–C) groups is 1. The lowest BCUT2D eigenvalue weighted by atomic mass is 10.1. The predicted molar refractivity (Wildman–Crippen MR) is 105 cm³/mol. The zero-order valence-corrected chi connectivity index (χ0v) is 15.6. The van der Waals surface area contributed by atoms with Crippen molar-refractivity contribution in [3.63, 3.8) is 0 Å². The third-order valence-corrected chi connectivity index (χ3v) is 4.06. The molecule has 0 fully saturated rings. The van der Waals surface area contributed by atoms with Gasteiger partial charge in [0.05, 0.1) is 6.26 Å². The second-order valence-electron chi connectivity index (χ2n) is 5.70. The molecule has 0 amide bonds. The molecule has 0 aliphatic heterocycles. The number of hydrogen-bond acceptors (Lipinski definition) is 5. The van der Waals surface area contributed by atoms with E-state index in [0.717, 1.165) is 28.8 Å². The van der Waals surface area contributed by atoms with Gasteiger partial charge in [-0.15, -0.1) is 0 Å². The van der Waals surface area contributed by atoms with E-state index in [1.165, 1.54) is 0 Å². The average molecular weight is 358 g/mol. The molecule has 2 aromatic rings. The lowest BCUT2D eigenvalue weighted by Crippen LogP contribution is -2.09. The molecule has 0 saturated heterocycles. The number of aromatic nitrogens is 1. The number of sulfonamides is 1. The highest BCUT2D eigenvalue weighted by Crippen LogP contribution is 2.21. The highest BCUT2D eigenvalue weighted by atomic mass is 32.2. The molecule has 1 aromatic carbocycles. The maximum atomic E-state index is 11.2. The summed E-state index contributed by atoms with van der Waals surface area (Å²) in [5, 5.41) is 3.21. The van der Waals surface area contributed by atoms with Gasteiger partial charge in [0.1, 0.15) is 5.82 Å². The summed E-state index contributed by atoms with van der Waals surface area (Å²) >= 11 is 0. The molecule has 0 radical (unpaired) electrons. The fourth-order valence-electron chi connectivity index (χ4n) is 2.19. The van der Waals surface area contributed by atoms with Crippen molar-refractivity contribution in [3.8, 4) is 0 Å². The summed E-state index contributed by atoms with van der Waals surface area (Å²) in [6.45, 7) is 3.98. The van der Waals surface area contributed by atoms with Crippen molar-refractivity contribution in [1.29, 1.82) is 0 Å². The van der Waals surface area contributed by atoms with Crippen molar-refractivity contribution in [2.75, 3.05) is 23.3 Å². The lowest BCUT2D eigenvalue weighted by molar-refractivity contribution is 0.607. The van der Waals surface area contributed by atoms with Gasteiger partial charge in [-0.25, -0.2) is 13.4 Å². The number of rotatable bonds is 6. The third kappa shape index (κ3) is 6.04. The van der Waals surface area contributed by atoms with Crippen LogP contribution in [0.3, 0.4) is 0 Å². The summed E-state index contributed by atoms with van der Waals surface area (Å²) in [4.78, 5) is 8.46. The quantitative estimate of drug-likeness (QED) is 0.772. The number of anilines is 3. The van der Waals surface area contributed by atoms with E-state index in [2.05, 4.69) is 20.0 Å². The molecule has 132 valence electrons. The molecule has 0 saturated carbocycles. The fraction of sp³-hybridized carbons (Fsp3) is 0.222. The number of nitrogens with one attached hydrogen (secondary N) is 2. The number of allylic oxidation sites excluding steroid dienone is 2. The number of benzene rings is 1. The summed E-state index contributed by atoms with van der Waals surface area (Å²) in [6, 6.07) is 10.9. The fourth-order valence-corrected chi connectivity index (χ4v) is 2.75. The molecule has 0 bridgehead atoms. The van der Waals surface area contributed by atoms with Crippen molar-refractivity contribution in [1.82, 2.24) is 4.98 Å². The van der Waals surface area contributed by atoms with Crippen molar-refractivity contribution >= 4 is 38.5 Å². The molecule has 0 aliphatic carbocycles. The Bertz CT molecular complexity index is 901. The van der Waals surface area contributed by atoms with Crippen molar-refractivity contribution in [3.05, 3.63) is 54.2 Å². The van der Waals surface area contributed by atoms with E-state index >= 15 is 0 Å². The van der Waals surface area contributed by atoms with Gasteiger partial charge in [0, 0.05) is 30.3 Å². The molecule has 0 spiro atoms. The van der Waals surface area contributed by atoms with Gasteiger partial charge < -0.3 is 5.32 Å². The van der Waals surface area contributed by atoms with Crippen molar-refractivity contribution in [2.45, 2.75) is 13.8 Å². The Labute approximate surface area is 148 Å². The number of hydrogen-bond donors (Lipinski definition) is 2. The Morgan fingerprint density at radius 1 is 1.12 bits per heavy atom. The van der Waals surface area contributed by atoms with Gasteiger partial charge in [-0.3, -0.25) is 9.71 Å². The normalized spacial score (nSPS) is 12.8. The maximum Gasteiger partial charge on any atom is 0.229 e. The minimum absolute atomic E-state index is 0.517. The monoisotopic (exact) mass is 358 g/mol. The first kappa shape index (κ1) is 18.7.